The molecule has 0 N–H and O–H groups in total. The number of nitrogens with zero attached hydrogens (tertiary/aromatic N) is 2. The molecule has 7 heteroatoms. The minimum absolute atomic E-state index is 0.0297. The number of carbonyl (C=O) groups excluding carboxylic acids is 2. The number of carbonyl (C=O) groups is 2. The number of furan rings is 1. The molecule has 0 bridgehead atoms. The molecule has 0 radical (unpaired) electrons. The van der Waals surface area contributed by atoms with E-state index in [2.05, 4.69) is 0 Å². The van der Waals surface area contributed by atoms with Gasteiger partial charge in [0.1, 0.15) is 10.1 Å². The summed E-state index contributed by atoms with van der Waals surface area (Å²) >= 11 is 6.51. The lowest BCUT2D eigenvalue weighted by atomic mass is 10.2. The summed E-state index contributed by atoms with van der Waals surface area (Å²) in [6, 6.07) is 13.3. The van der Waals surface area contributed by atoms with Crippen molar-refractivity contribution in [2.24, 2.45) is 0 Å². The van der Waals surface area contributed by atoms with Crippen LogP contribution in [0.3, 0.4) is 0 Å². The molecule has 0 spiro atoms. The second-order valence-electron chi connectivity index (χ2n) is 5.83. The van der Waals surface area contributed by atoms with Gasteiger partial charge in [-0.3, -0.25) is 14.5 Å². The van der Waals surface area contributed by atoms with Gasteiger partial charge in [-0.25, -0.2) is 0 Å². The molecule has 26 heavy (non-hydrogen) atoms. The van der Waals surface area contributed by atoms with Gasteiger partial charge in [0.15, 0.2) is 0 Å². The number of hydrogen-bond donors (Lipinski definition) is 0. The van der Waals surface area contributed by atoms with E-state index >= 15 is 0 Å². The molecule has 1 fully saturated rings. The molecule has 0 unspecified atom stereocenters. The Morgan fingerprint density at radius 2 is 2.04 bits per heavy atom. The summed E-state index contributed by atoms with van der Waals surface area (Å²) in [5.74, 6) is 0.386. The fourth-order valence-corrected chi connectivity index (χ4v) is 3.83. The quantitative estimate of drug-likeness (QED) is 0.562. The second kappa shape index (κ2) is 8.33. The third-order valence-electron chi connectivity index (χ3n) is 3.93. The van der Waals surface area contributed by atoms with Crippen LogP contribution in [0.1, 0.15) is 17.7 Å². The van der Waals surface area contributed by atoms with Crippen LogP contribution in [0, 0.1) is 0 Å². The molecule has 0 saturated carbocycles. The maximum Gasteiger partial charge on any atom is 0.266 e. The molecule has 2 amide bonds. The highest BCUT2D eigenvalue weighted by Crippen LogP contribution is 2.32. The van der Waals surface area contributed by atoms with Crippen molar-refractivity contribution < 1.29 is 14.0 Å². The minimum Gasteiger partial charge on any atom is -0.465 e. The molecule has 1 aromatic carbocycles. The second-order valence-corrected chi connectivity index (χ2v) is 7.51. The standard InChI is InChI=1S/C19H18N2O3S2/c1-20(13-14-6-3-2-4-7-14)17(22)9-10-21-18(23)16(26-19(21)25)12-15-8-5-11-24-15/h2-8,11-12H,9-10,13H2,1H3/b16-12+. The number of rotatable bonds is 6. The summed E-state index contributed by atoms with van der Waals surface area (Å²) in [5.41, 5.74) is 1.07. The van der Waals surface area contributed by atoms with E-state index in [9.17, 15) is 9.59 Å². The van der Waals surface area contributed by atoms with Crippen molar-refractivity contribution in [2.75, 3.05) is 13.6 Å². The van der Waals surface area contributed by atoms with Gasteiger partial charge < -0.3 is 9.32 Å². The van der Waals surface area contributed by atoms with E-state index in [-0.39, 0.29) is 24.8 Å². The zero-order valence-corrected chi connectivity index (χ0v) is 15.9. The summed E-state index contributed by atoms with van der Waals surface area (Å²) in [4.78, 5) is 28.5. The topological polar surface area (TPSA) is 53.8 Å². The van der Waals surface area contributed by atoms with Crippen molar-refractivity contribution >= 4 is 46.2 Å². The molecule has 1 aromatic heterocycles. The van der Waals surface area contributed by atoms with E-state index in [1.165, 1.54) is 16.7 Å². The fraction of sp³-hybridized carbons (Fsp3) is 0.211. The highest BCUT2D eigenvalue weighted by atomic mass is 32.2. The summed E-state index contributed by atoms with van der Waals surface area (Å²) in [6.45, 7) is 0.814. The van der Waals surface area contributed by atoms with Crippen LogP contribution < -0.4 is 0 Å². The average Bonchev–Trinajstić information content (AvgIpc) is 3.23. The third kappa shape index (κ3) is 4.42. The van der Waals surface area contributed by atoms with E-state index in [0.29, 0.717) is 21.5 Å². The molecular formula is C19H18N2O3S2. The number of thioether (sulfide) groups is 1. The molecule has 0 atom stereocenters. The number of benzene rings is 1. The Morgan fingerprint density at radius 3 is 2.73 bits per heavy atom. The number of hydrogen-bond acceptors (Lipinski definition) is 5. The van der Waals surface area contributed by atoms with Crippen molar-refractivity contribution in [2.45, 2.75) is 13.0 Å². The van der Waals surface area contributed by atoms with E-state index < -0.39 is 0 Å². The fourth-order valence-electron chi connectivity index (χ4n) is 2.54. The number of thiocarbonyl (C=S) groups is 1. The Bertz CT molecular complexity index is 832. The molecule has 0 aliphatic carbocycles. The van der Waals surface area contributed by atoms with Crippen LogP contribution in [0.2, 0.25) is 0 Å². The molecule has 1 aliphatic heterocycles. The Labute approximate surface area is 161 Å². The van der Waals surface area contributed by atoms with Crippen LogP contribution in [0.15, 0.2) is 58.1 Å². The predicted molar refractivity (Wildman–Crippen MR) is 106 cm³/mol. The largest absolute Gasteiger partial charge is 0.465 e. The van der Waals surface area contributed by atoms with Gasteiger partial charge in [-0.1, -0.05) is 54.3 Å². The Kier molecular flexibility index (Phi) is 5.90. The average molecular weight is 386 g/mol. The summed E-state index contributed by atoms with van der Waals surface area (Å²) in [6.07, 6.45) is 3.44. The zero-order chi connectivity index (χ0) is 18.5. The first kappa shape index (κ1) is 18.4. The van der Waals surface area contributed by atoms with Gasteiger partial charge in [0.2, 0.25) is 5.91 Å². The van der Waals surface area contributed by atoms with Crippen molar-refractivity contribution in [3.8, 4) is 0 Å². The van der Waals surface area contributed by atoms with Crippen LogP contribution in [-0.4, -0.2) is 39.5 Å². The predicted octanol–water partition coefficient (Wildman–Crippen LogP) is 3.53. The van der Waals surface area contributed by atoms with Gasteiger partial charge in [-0.05, 0) is 17.7 Å². The Balaban J connectivity index is 1.56. The van der Waals surface area contributed by atoms with E-state index in [1.54, 1.807) is 36.4 Å². The SMILES string of the molecule is CN(Cc1ccccc1)C(=O)CCN1C(=O)/C(=C\c2ccco2)SC1=S. The first-order valence-electron chi connectivity index (χ1n) is 8.11. The molecule has 134 valence electrons. The maximum atomic E-state index is 12.5. The molecule has 1 aliphatic rings. The molecule has 1 saturated heterocycles. The van der Waals surface area contributed by atoms with Crippen LogP contribution in [-0.2, 0) is 16.1 Å². The van der Waals surface area contributed by atoms with Gasteiger partial charge in [0.05, 0.1) is 11.2 Å². The van der Waals surface area contributed by atoms with Gasteiger partial charge in [0, 0.05) is 32.6 Å². The van der Waals surface area contributed by atoms with E-state index in [0.717, 1.165) is 5.56 Å². The van der Waals surface area contributed by atoms with E-state index in [4.69, 9.17) is 16.6 Å². The van der Waals surface area contributed by atoms with Crippen LogP contribution in [0.4, 0.5) is 0 Å². The smallest absolute Gasteiger partial charge is 0.266 e. The lowest BCUT2D eigenvalue weighted by Gasteiger charge is -2.19. The summed E-state index contributed by atoms with van der Waals surface area (Å²) < 4.78 is 5.70. The third-order valence-corrected chi connectivity index (χ3v) is 5.31. The highest BCUT2D eigenvalue weighted by molar-refractivity contribution is 8.26. The summed E-state index contributed by atoms with van der Waals surface area (Å²) in [7, 11) is 1.76. The maximum absolute atomic E-state index is 12.5. The van der Waals surface area contributed by atoms with Crippen LogP contribution in [0.5, 0.6) is 0 Å². The van der Waals surface area contributed by atoms with E-state index in [1.807, 2.05) is 30.3 Å². The lowest BCUT2D eigenvalue weighted by Crippen LogP contribution is -2.34. The first-order valence-corrected chi connectivity index (χ1v) is 9.34. The monoisotopic (exact) mass is 386 g/mol. The van der Waals surface area contributed by atoms with Gasteiger partial charge in [-0.15, -0.1) is 0 Å². The highest BCUT2D eigenvalue weighted by Gasteiger charge is 2.32. The molecule has 3 rings (SSSR count). The van der Waals surface area contributed by atoms with Crippen molar-refractivity contribution in [3.05, 3.63) is 65.0 Å². The molecular weight excluding hydrogens is 368 g/mol. The molecule has 2 heterocycles. The zero-order valence-electron chi connectivity index (χ0n) is 14.3. The van der Waals surface area contributed by atoms with Crippen molar-refractivity contribution in [1.82, 2.24) is 9.80 Å². The number of amides is 2. The Hall–Kier alpha value is -2.38. The lowest BCUT2D eigenvalue weighted by molar-refractivity contribution is -0.131. The van der Waals surface area contributed by atoms with Crippen LogP contribution >= 0.6 is 24.0 Å². The van der Waals surface area contributed by atoms with Crippen molar-refractivity contribution in [3.63, 3.8) is 0 Å². The van der Waals surface area contributed by atoms with Gasteiger partial charge in [-0.2, -0.15) is 0 Å². The van der Waals surface area contributed by atoms with Gasteiger partial charge in [0.25, 0.3) is 5.91 Å². The minimum atomic E-state index is -0.185. The van der Waals surface area contributed by atoms with Gasteiger partial charge >= 0.3 is 0 Å². The van der Waals surface area contributed by atoms with Crippen LogP contribution in [0.25, 0.3) is 6.08 Å². The first-order chi connectivity index (χ1) is 12.5. The Morgan fingerprint density at radius 1 is 1.27 bits per heavy atom. The normalized spacial score (nSPS) is 15.7. The molecule has 2 aromatic rings. The molecule has 5 nitrogen and oxygen atoms in total. The summed E-state index contributed by atoms with van der Waals surface area (Å²) in [5, 5.41) is 0. The van der Waals surface area contributed by atoms with Crippen molar-refractivity contribution in [1.29, 1.82) is 0 Å².